The number of para-hydroxylation sites is 1. The quantitative estimate of drug-likeness (QED) is 0.318. The van der Waals surface area contributed by atoms with Crippen molar-refractivity contribution in [3.63, 3.8) is 0 Å². The number of ether oxygens (including phenoxy) is 1. The first-order valence-corrected chi connectivity index (χ1v) is 12.7. The summed E-state index contributed by atoms with van der Waals surface area (Å²) in [6, 6.07) is 9.89. The molecule has 9 heteroatoms. The molecule has 0 spiro atoms. The Morgan fingerprint density at radius 1 is 1.24 bits per heavy atom. The third-order valence-electron chi connectivity index (χ3n) is 6.25. The number of nitrogens with zero attached hydrogens (tertiary/aromatic N) is 5. The van der Waals surface area contributed by atoms with Crippen LogP contribution < -0.4 is 4.74 Å². The molecule has 37 heavy (non-hydrogen) atoms. The molecule has 0 aliphatic heterocycles. The van der Waals surface area contributed by atoms with Crippen molar-refractivity contribution < 1.29 is 14.6 Å². The monoisotopic (exact) mass is 521 g/mol. The summed E-state index contributed by atoms with van der Waals surface area (Å²) in [5.41, 5.74) is 5.21. The molecule has 3 aromatic heterocycles. The highest BCUT2D eigenvalue weighted by Gasteiger charge is 2.20. The third kappa shape index (κ3) is 5.92. The lowest BCUT2D eigenvalue weighted by molar-refractivity contribution is -0.135. The summed E-state index contributed by atoms with van der Waals surface area (Å²) in [6.45, 7) is 6.68. The molecule has 4 rings (SSSR count). The number of carbonyl (C=O) groups is 1. The number of halogens is 1. The molecule has 3 heterocycles. The molecule has 0 bridgehead atoms. The first-order valence-electron chi connectivity index (χ1n) is 12.3. The number of aliphatic hydroxyl groups excluding tert-OH is 1. The van der Waals surface area contributed by atoms with Crippen molar-refractivity contribution in [2.45, 2.75) is 40.3 Å². The number of fused-ring (bicyclic) bond motifs is 1. The zero-order chi connectivity index (χ0) is 26.5. The SMILES string of the molecule is Cc1cc(-c2ccnn2C)c2cccc(OCc3c(Cl)cncc3CN(CCCO)C(=O)C(C)C)c2n1. The van der Waals surface area contributed by atoms with Crippen LogP contribution in [0.1, 0.15) is 37.1 Å². The molecule has 0 atom stereocenters. The van der Waals surface area contributed by atoms with Crippen molar-refractivity contribution in [1.29, 1.82) is 0 Å². The summed E-state index contributed by atoms with van der Waals surface area (Å²) < 4.78 is 8.15. The molecule has 4 aromatic rings. The van der Waals surface area contributed by atoms with Gasteiger partial charge in [-0.05, 0) is 37.1 Å². The Bertz CT molecular complexity index is 1400. The van der Waals surface area contributed by atoms with Crippen LogP contribution >= 0.6 is 11.6 Å². The summed E-state index contributed by atoms with van der Waals surface area (Å²) >= 11 is 6.57. The Labute approximate surface area is 221 Å². The van der Waals surface area contributed by atoms with Gasteiger partial charge in [0.15, 0.2) is 0 Å². The Morgan fingerprint density at radius 3 is 2.76 bits per heavy atom. The van der Waals surface area contributed by atoms with Crippen LogP contribution in [-0.4, -0.2) is 48.8 Å². The normalized spacial score (nSPS) is 11.3. The molecule has 1 amide bonds. The number of hydrogen-bond acceptors (Lipinski definition) is 6. The van der Waals surface area contributed by atoms with Crippen molar-refractivity contribution in [3.8, 4) is 17.0 Å². The van der Waals surface area contributed by atoms with Gasteiger partial charge < -0.3 is 14.7 Å². The van der Waals surface area contributed by atoms with Crippen LogP contribution in [0.5, 0.6) is 5.75 Å². The number of hydrogen-bond donors (Lipinski definition) is 1. The van der Waals surface area contributed by atoms with E-state index >= 15 is 0 Å². The maximum atomic E-state index is 12.8. The average Bonchev–Trinajstić information content (AvgIpc) is 3.30. The van der Waals surface area contributed by atoms with Crippen LogP contribution in [0.4, 0.5) is 0 Å². The van der Waals surface area contributed by atoms with Crippen LogP contribution in [0.2, 0.25) is 5.02 Å². The highest BCUT2D eigenvalue weighted by Crippen LogP contribution is 2.34. The lowest BCUT2D eigenvalue weighted by Gasteiger charge is -2.25. The van der Waals surface area contributed by atoms with Crippen LogP contribution in [0.3, 0.4) is 0 Å². The fourth-order valence-corrected chi connectivity index (χ4v) is 4.60. The molecule has 0 radical (unpaired) electrons. The summed E-state index contributed by atoms with van der Waals surface area (Å²) in [5, 5.41) is 15.1. The summed E-state index contributed by atoms with van der Waals surface area (Å²) in [6.07, 6.45) is 5.57. The van der Waals surface area contributed by atoms with Crippen LogP contribution in [-0.2, 0) is 25.0 Å². The van der Waals surface area contributed by atoms with Crippen LogP contribution in [0.25, 0.3) is 22.2 Å². The van der Waals surface area contributed by atoms with E-state index in [9.17, 15) is 9.90 Å². The van der Waals surface area contributed by atoms with Crippen molar-refractivity contribution >= 4 is 28.4 Å². The van der Waals surface area contributed by atoms with E-state index in [1.54, 1.807) is 23.5 Å². The molecule has 0 saturated heterocycles. The van der Waals surface area contributed by atoms with Crippen molar-refractivity contribution in [2.75, 3.05) is 13.2 Å². The van der Waals surface area contributed by atoms with Crippen LogP contribution in [0, 0.1) is 12.8 Å². The highest BCUT2D eigenvalue weighted by molar-refractivity contribution is 6.31. The molecule has 0 saturated carbocycles. The topological polar surface area (TPSA) is 93.4 Å². The second-order valence-electron chi connectivity index (χ2n) is 9.34. The van der Waals surface area contributed by atoms with Crippen molar-refractivity contribution in [2.24, 2.45) is 13.0 Å². The fourth-order valence-electron chi connectivity index (χ4n) is 4.37. The Balaban J connectivity index is 1.66. The second-order valence-corrected chi connectivity index (χ2v) is 9.75. The first-order chi connectivity index (χ1) is 17.8. The molecule has 8 nitrogen and oxygen atoms in total. The standard InChI is InChI=1S/C28H32ClN5O3/c1-18(2)28(36)34(11-6-12-35)16-20-14-30-15-24(29)23(20)17-37-26-8-5-7-21-22(13-19(3)32-27(21)26)25-9-10-31-33(25)4/h5,7-10,13-15,18,35H,6,11-12,16-17H2,1-4H3. The smallest absolute Gasteiger partial charge is 0.225 e. The molecule has 0 unspecified atom stereocenters. The van der Waals surface area contributed by atoms with Gasteiger partial charge in [0, 0.05) is 73.5 Å². The average molecular weight is 522 g/mol. The fraction of sp³-hybridized carbons (Fsp3) is 0.357. The van der Waals surface area contributed by atoms with E-state index in [1.165, 1.54) is 0 Å². The van der Waals surface area contributed by atoms with E-state index in [-0.39, 0.29) is 25.0 Å². The van der Waals surface area contributed by atoms with Crippen LogP contribution in [0.15, 0.2) is 48.9 Å². The molecule has 1 aromatic carbocycles. The van der Waals surface area contributed by atoms with Gasteiger partial charge in [0.25, 0.3) is 0 Å². The lowest BCUT2D eigenvalue weighted by atomic mass is 10.0. The molecule has 1 N–H and O–H groups in total. The number of rotatable bonds is 10. The molecular formula is C28H32ClN5O3. The largest absolute Gasteiger partial charge is 0.487 e. The Kier molecular flexibility index (Phi) is 8.41. The van der Waals surface area contributed by atoms with Crippen molar-refractivity contribution in [1.82, 2.24) is 24.6 Å². The molecule has 0 fully saturated rings. The predicted octanol–water partition coefficient (Wildman–Crippen LogP) is 4.94. The first kappa shape index (κ1) is 26.6. The predicted molar refractivity (Wildman–Crippen MR) is 144 cm³/mol. The number of aromatic nitrogens is 4. The van der Waals surface area contributed by atoms with E-state index in [2.05, 4.69) is 10.1 Å². The zero-order valence-corrected chi connectivity index (χ0v) is 22.4. The van der Waals surface area contributed by atoms with E-state index in [0.717, 1.165) is 39.0 Å². The van der Waals surface area contributed by atoms with Gasteiger partial charge >= 0.3 is 0 Å². The van der Waals surface area contributed by atoms with Gasteiger partial charge in [0.2, 0.25) is 5.91 Å². The summed E-state index contributed by atoms with van der Waals surface area (Å²) in [5.74, 6) is 0.486. The minimum atomic E-state index is -0.163. The number of pyridine rings is 2. The number of carbonyl (C=O) groups excluding carboxylic acids is 1. The number of aryl methyl sites for hydroxylation is 2. The van der Waals surface area contributed by atoms with Gasteiger partial charge in [0.05, 0.1) is 10.7 Å². The van der Waals surface area contributed by atoms with E-state index < -0.39 is 0 Å². The number of benzene rings is 1. The Hall–Kier alpha value is -3.49. The van der Waals surface area contributed by atoms with Gasteiger partial charge in [-0.3, -0.25) is 14.5 Å². The minimum absolute atomic E-state index is 0.0108. The van der Waals surface area contributed by atoms with Gasteiger partial charge in [-0.15, -0.1) is 0 Å². The minimum Gasteiger partial charge on any atom is -0.487 e. The van der Waals surface area contributed by atoms with E-state index in [0.29, 0.717) is 30.3 Å². The van der Waals surface area contributed by atoms with Gasteiger partial charge in [-0.25, -0.2) is 4.98 Å². The maximum absolute atomic E-state index is 12.8. The maximum Gasteiger partial charge on any atom is 0.225 e. The third-order valence-corrected chi connectivity index (χ3v) is 6.57. The number of amides is 1. The van der Waals surface area contributed by atoms with E-state index in [1.807, 2.05) is 62.8 Å². The summed E-state index contributed by atoms with van der Waals surface area (Å²) in [4.78, 5) is 23.6. The molecule has 194 valence electrons. The molecular weight excluding hydrogens is 490 g/mol. The second kappa shape index (κ2) is 11.7. The Morgan fingerprint density at radius 2 is 2.05 bits per heavy atom. The van der Waals surface area contributed by atoms with Gasteiger partial charge in [-0.2, -0.15) is 5.10 Å². The zero-order valence-electron chi connectivity index (χ0n) is 21.6. The van der Waals surface area contributed by atoms with Gasteiger partial charge in [-0.1, -0.05) is 37.6 Å². The van der Waals surface area contributed by atoms with E-state index in [4.69, 9.17) is 21.3 Å². The van der Waals surface area contributed by atoms with Crippen molar-refractivity contribution in [3.05, 3.63) is 70.8 Å². The number of aliphatic hydroxyl groups is 1. The molecule has 0 aliphatic carbocycles. The molecule has 0 aliphatic rings. The summed E-state index contributed by atoms with van der Waals surface area (Å²) in [7, 11) is 1.91. The highest BCUT2D eigenvalue weighted by atomic mass is 35.5. The lowest BCUT2D eigenvalue weighted by Crippen LogP contribution is -2.35. The van der Waals surface area contributed by atoms with Gasteiger partial charge in [0.1, 0.15) is 17.9 Å².